The SMILES string of the molecule is C/C(=C/CC[C@H](C)[C@H]1CC[C@]2(C)C3=CC[C@@H]4C(C)(C)/C(=N/O)CC[C@]4(C)[C@H]3CC[C@@]12C)C(=O)O. The van der Waals surface area contributed by atoms with Gasteiger partial charge in [0.2, 0.25) is 0 Å². The average molecular weight is 470 g/mol. The van der Waals surface area contributed by atoms with Gasteiger partial charge < -0.3 is 10.3 Å². The normalized spacial score (nSPS) is 43.5. The van der Waals surface area contributed by atoms with E-state index in [0.717, 1.165) is 37.8 Å². The van der Waals surface area contributed by atoms with Crippen molar-refractivity contribution in [3.8, 4) is 0 Å². The molecule has 0 bridgehead atoms. The van der Waals surface area contributed by atoms with E-state index < -0.39 is 5.97 Å². The number of carboxylic acids is 1. The Balaban J connectivity index is 1.59. The zero-order valence-corrected chi connectivity index (χ0v) is 22.6. The number of aliphatic carboxylic acids is 1. The lowest BCUT2D eigenvalue weighted by atomic mass is 9.41. The van der Waals surface area contributed by atoms with E-state index >= 15 is 0 Å². The standard InChI is InChI=1S/C30H47NO3/c1-19(9-8-10-20(2)26(32)33)21-13-17-30(7)23-11-12-24-27(3,4)25(31-34)15-16-28(24,5)22(23)14-18-29(21,30)6/h10-11,19,21-22,24,34H,8-9,12-18H2,1-7H3,(H,32,33)/b20-10-,31-25+/t19-,21+,22-,24+,28+,29-,30+/m0/s1. The maximum absolute atomic E-state index is 11.2. The highest BCUT2D eigenvalue weighted by Crippen LogP contribution is 2.73. The highest BCUT2D eigenvalue weighted by Gasteiger charge is 2.65. The topological polar surface area (TPSA) is 69.9 Å². The molecule has 190 valence electrons. The number of hydrogen-bond donors (Lipinski definition) is 2. The number of fused-ring (bicyclic) bond motifs is 5. The Morgan fingerprint density at radius 2 is 1.88 bits per heavy atom. The minimum Gasteiger partial charge on any atom is -0.478 e. The minimum absolute atomic E-state index is 0.0558. The number of carbonyl (C=O) groups is 1. The van der Waals surface area contributed by atoms with Gasteiger partial charge in [0.15, 0.2) is 0 Å². The molecule has 0 aliphatic heterocycles. The third-order valence-electron chi connectivity index (χ3n) is 11.9. The Hall–Kier alpha value is -1.58. The first kappa shape index (κ1) is 25.5. The largest absolute Gasteiger partial charge is 0.478 e. The lowest BCUT2D eigenvalue weighted by molar-refractivity contribution is -0.132. The van der Waals surface area contributed by atoms with Crippen LogP contribution in [-0.2, 0) is 4.79 Å². The van der Waals surface area contributed by atoms with Crippen molar-refractivity contribution in [3.63, 3.8) is 0 Å². The van der Waals surface area contributed by atoms with Crippen LogP contribution >= 0.6 is 0 Å². The molecule has 0 amide bonds. The van der Waals surface area contributed by atoms with Crippen LogP contribution in [0.5, 0.6) is 0 Å². The molecule has 0 aromatic heterocycles. The van der Waals surface area contributed by atoms with E-state index in [9.17, 15) is 10.0 Å². The summed E-state index contributed by atoms with van der Waals surface area (Å²) in [6, 6.07) is 0. The predicted octanol–water partition coefficient (Wildman–Crippen LogP) is 7.87. The number of carboxylic acid groups (broad SMARTS) is 1. The van der Waals surface area contributed by atoms with Gasteiger partial charge in [-0.3, -0.25) is 0 Å². The summed E-state index contributed by atoms with van der Waals surface area (Å²) in [5.41, 5.74) is 3.98. The van der Waals surface area contributed by atoms with Gasteiger partial charge in [0.05, 0.1) is 5.71 Å². The number of nitrogens with zero attached hydrogens (tertiary/aromatic N) is 1. The van der Waals surface area contributed by atoms with Gasteiger partial charge in [0.25, 0.3) is 0 Å². The Morgan fingerprint density at radius 1 is 1.18 bits per heavy atom. The van der Waals surface area contributed by atoms with E-state index in [1.54, 1.807) is 12.5 Å². The van der Waals surface area contributed by atoms with Gasteiger partial charge in [-0.1, -0.05) is 64.4 Å². The minimum atomic E-state index is -0.800. The fourth-order valence-electron chi connectivity index (χ4n) is 9.51. The van der Waals surface area contributed by atoms with Crippen molar-refractivity contribution in [1.29, 1.82) is 0 Å². The molecular formula is C30H47NO3. The number of oxime groups is 1. The third-order valence-corrected chi connectivity index (χ3v) is 11.9. The summed E-state index contributed by atoms with van der Waals surface area (Å²) < 4.78 is 0. The highest BCUT2D eigenvalue weighted by atomic mass is 16.4. The zero-order chi connectivity index (χ0) is 25.1. The molecule has 4 heteroatoms. The molecule has 34 heavy (non-hydrogen) atoms. The zero-order valence-electron chi connectivity index (χ0n) is 22.6. The quantitative estimate of drug-likeness (QED) is 0.186. The summed E-state index contributed by atoms with van der Waals surface area (Å²) in [5, 5.41) is 22.6. The summed E-state index contributed by atoms with van der Waals surface area (Å²) >= 11 is 0. The maximum Gasteiger partial charge on any atom is 0.330 e. The molecule has 4 aliphatic carbocycles. The molecule has 4 nitrogen and oxygen atoms in total. The molecule has 7 atom stereocenters. The fourth-order valence-corrected chi connectivity index (χ4v) is 9.51. The Labute approximate surface area is 207 Å². The van der Waals surface area contributed by atoms with E-state index in [2.05, 4.69) is 52.8 Å². The van der Waals surface area contributed by atoms with E-state index in [4.69, 9.17) is 5.11 Å². The first-order valence-electron chi connectivity index (χ1n) is 13.6. The van der Waals surface area contributed by atoms with Gasteiger partial charge in [0.1, 0.15) is 0 Å². The van der Waals surface area contributed by atoms with Crippen LogP contribution < -0.4 is 0 Å². The second kappa shape index (κ2) is 8.52. The van der Waals surface area contributed by atoms with E-state index in [1.807, 2.05) is 6.08 Å². The van der Waals surface area contributed by atoms with E-state index in [0.29, 0.717) is 34.7 Å². The fraction of sp³-hybridized carbons (Fsp3) is 0.800. The third kappa shape index (κ3) is 3.53. The van der Waals surface area contributed by atoms with E-state index in [-0.39, 0.29) is 16.2 Å². The molecule has 0 aromatic carbocycles. The summed E-state index contributed by atoms with van der Waals surface area (Å²) in [6.07, 6.45) is 14.7. The highest BCUT2D eigenvalue weighted by molar-refractivity contribution is 5.90. The van der Waals surface area contributed by atoms with Crippen molar-refractivity contribution in [2.24, 2.45) is 50.5 Å². The van der Waals surface area contributed by atoms with Crippen LogP contribution in [0.4, 0.5) is 0 Å². The molecule has 0 saturated heterocycles. The molecule has 0 radical (unpaired) electrons. The number of rotatable bonds is 5. The van der Waals surface area contributed by atoms with Crippen molar-refractivity contribution >= 4 is 11.7 Å². The maximum atomic E-state index is 11.2. The van der Waals surface area contributed by atoms with Crippen LogP contribution in [0, 0.1) is 45.3 Å². The van der Waals surface area contributed by atoms with Crippen molar-refractivity contribution in [3.05, 3.63) is 23.3 Å². The van der Waals surface area contributed by atoms with Gasteiger partial charge >= 0.3 is 5.97 Å². The van der Waals surface area contributed by atoms with Gasteiger partial charge in [-0.2, -0.15) is 0 Å². The first-order valence-corrected chi connectivity index (χ1v) is 13.6. The lowest BCUT2D eigenvalue weighted by Gasteiger charge is -2.63. The Morgan fingerprint density at radius 3 is 2.53 bits per heavy atom. The van der Waals surface area contributed by atoms with Gasteiger partial charge in [-0.05, 0) is 105 Å². The van der Waals surface area contributed by atoms with Crippen molar-refractivity contribution in [2.45, 2.75) is 106 Å². The Bertz CT molecular complexity index is 929. The van der Waals surface area contributed by atoms with Crippen LogP contribution in [0.15, 0.2) is 28.5 Å². The monoisotopic (exact) mass is 469 g/mol. The smallest absolute Gasteiger partial charge is 0.330 e. The first-order chi connectivity index (χ1) is 15.8. The summed E-state index contributed by atoms with van der Waals surface area (Å²) in [7, 11) is 0. The summed E-state index contributed by atoms with van der Waals surface area (Å²) in [6.45, 7) is 16.4. The molecule has 4 aliphatic rings. The van der Waals surface area contributed by atoms with Crippen molar-refractivity contribution < 1.29 is 15.1 Å². The predicted molar refractivity (Wildman–Crippen MR) is 138 cm³/mol. The van der Waals surface area contributed by atoms with Gasteiger partial charge in [0, 0.05) is 11.0 Å². The Kier molecular flexibility index (Phi) is 6.39. The van der Waals surface area contributed by atoms with E-state index in [1.165, 1.54) is 25.7 Å². The average Bonchev–Trinajstić information content (AvgIpc) is 3.04. The number of hydrogen-bond acceptors (Lipinski definition) is 3. The van der Waals surface area contributed by atoms with Crippen molar-refractivity contribution in [2.75, 3.05) is 0 Å². The van der Waals surface area contributed by atoms with Crippen LogP contribution in [0.2, 0.25) is 0 Å². The van der Waals surface area contributed by atoms with Crippen LogP contribution in [0.25, 0.3) is 0 Å². The molecule has 0 unspecified atom stereocenters. The van der Waals surface area contributed by atoms with Gasteiger partial charge in [-0.15, -0.1) is 0 Å². The van der Waals surface area contributed by atoms with Gasteiger partial charge in [-0.25, -0.2) is 4.79 Å². The summed E-state index contributed by atoms with van der Waals surface area (Å²) in [5.74, 6) is 1.66. The number of allylic oxidation sites excluding steroid dienone is 3. The molecule has 0 heterocycles. The molecule has 0 aromatic rings. The van der Waals surface area contributed by atoms with Crippen LogP contribution in [0.1, 0.15) is 106 Å². The van der Waals surface area contributed by atoms with Crippen LogP contribution in [0.3, 0.4) is 0 Å². The summed E-state index contributed by atoms with van der Waals surface area (Å²) in [4.78, 5) is 11.2. The molecule has 3 fully saturated rings. The second-order valence-corrected chi connectivity index (χ2v) is 13.5. The molecular weight excluding hydrogens is 422 g/mol. The lowest BCUT2D eigenvalue weighted by Crippen LogP contribution is -2.57. The van der Waals surface area contributed by atoms with Crippen molar-refractivity contribution in [1.82, 2.24) is 0 Å². The second-order valence-electron chi connectivity index (χ2n) is 13.5. The molecule has 0 spiro atoms. The van der Waals surface area contributed by atoms with Crippen LogP contribution in [-0.4, -0.2) is 22.0 Å². The molecule has 4 rings (SSSR count). The molecule has 3 saturated carbocycles. The molecule has 2 N–H and O–H groups in total.